The molecule has 0 atom stereocenters. The molecule has 0 radical (unpaired) electrons. The maximum Gasteiger partial charge on any atom is 0.234 e. The van der Waals surface area contributed by atoms with Crippen LogP contribution < -0.4 is 5.32 Å². The summed E-state index contributed by atoms with van der Waals surface area (Å²) < 4.78 is 0. The van der Waals surface area contributed by atoms with E-state index in [0.717, 1.165) is 21.5 Å². The Labute approximate surface area is 150 Å². The van der Waals surface area contributed by atoms with Gasteiger partial charge in [0, 0.05) is 16.6 Å². The molecule has 0 bridgehead atoms. The number of thioether (sulfide) groups is 1. The number of hydrogen-bond acceptors (Lipinski definition) is 4. The molecular formula is C20H18N2O2S. The Balaban J connectivity index is 1.63. The van der Waals surface area contributed by atoms with Gasteiger partial charge in [0.1, 0.15) is 0 Å². The van der Waals surface area contributed by atoms with Gasteiger partial charge >= 0.3 is 0 Å². The molecule has 0 saturated carbocycles. The molecule has 3 aromatic rings. The van der Waals surface area contributed by atoms with E-state index in [1.807, 2.05) is 37.3 Å². The van der Waals surface area contributed by atoms with E-state index in [1.54, 1.807) is 24.3 Å². The molecule has 1 heterocycles. The first-order valence-corrected chi connectivity index (χ1v) is 8.91. The van der Waals surface area contributed by atoms with Crippen molar-refractivity contribution in [1.82, 2.24) is 4.98 Å². The smallest absolute Gasteiger partial charge is 0.234 e. The number of carbonyl (C=O) groups is 2. The largest absolute Gasteiger partial charge is 0.325 e. The van der Waals surface area contributed by atoms with Gasteiger partial charge in [-0.05, 0) is 55.8 Å². The van der Waals surface area contributed by atoms with Gasteiger partial charge in [-0.15, -0.1) is 0 Å². The van der Waals surface area contributed by atoms with E-state index in [9.17, 15) is 9.59 Å². The Kier molecular flexibility index (Phi) is 5.14. The molecular weight excluding hydrogens is 332 g/mol. The standard InChI is InChI=1S/C20H18N2O2S/c1-13-11-20(22-18-6-4-3-5-17(13)18)25-12-19(24)21-16-9-7-15(8-10-16)14(2)23/h3-11H,12H2,1-2H3,(H,21,24). The lowest BCUT2D eigenvalue weighted by Gasteiger charge is -2.07. The molecule has 25 heavy (non-hydrogen) atoms. The van der Waals surface area contributed by atoms with Gasteiger partial charge in [-0.3, -0.25) is 9.59 Å². The Morgan fingerprint density at radius 1 is 1.08 bits per heavy atom. The van der Waals surface area contributed by atoms with Crippen LogP contribution in [0, 0.1) is 6.92 Å². The molecule has 0 aliphatic heterocycles. The number of pyridine rings is 1. The molecule has 0 spiro atoms. The summed E-state index contributed by atoms with van der Waals surface area (Å²) in [6.07, 6.45) is 0. The highest BCUT2D eigenvalue weighted by Gasteiger charge is 2.07. The maximum absolute atomic E-state index is 12.1. The minimum absolute atomic E-state index is 0.00572. The van der Waals surface area contributed by atoms with Crippen molar-refractivity contribution >= 4 is 40.0 Å². The van der Waals surface area contributed by atoms with Gasteiger partial charge in [0.15, 0.2) is 5.78 Å². The average molecular weight is 350 g/mol. The van der Waals surface area contributed by atoms with E-state index in [0.29, 0.717) is 11.3 Å². The molecule has 0 aliphatic rings. The predicted octanol–water partition coefficient (Wildman–Crippen LogP) is 4.48. The maximum atomic E-state index is 12.1. The zero-order valence-corrected chi connectivity index (χ0v) is 14.9. The van der Waals surface area contributed by atoms with Crippen molar-refractivity contribution in [3.05, 3.63) is 65.7 Å². The van der Waals surface area contributed by atoms with Crippen molar-refractivity contribution in [2.24, 2.45) is 0 Å². The number of amides is 1. The second kappa shape index (κ2) is 7.49. The number of hydrogen-bond donors (Lipinski definition) is 1. The molecule has 5 heteroatoms. The van der Waals surface area contributed by atoms with Crippen LogP contribution in [-0.4, -0.2) is 22.4 Å². The zero-order valence-electron chi connectivity index (χ0n) is 14.1. The van der Waals surface area contributed by atoms with E-state index >= 15 is 0 Å². The van der Waals surface area contributed by atoms with Gasteiger partial charge in [-0.1, -0.05) is 30.0 Å². The minimum atomic E-state index is -0.104. The van der Waals surface area contributed by atoms with Crippen LogP contribution in [0.5, 0.6) is 0 Å². The number of nitrogens with one attached hydrogen (secondary N) is 1. The molecule has 0 saturated heterocycles. The number of rotatable bonds is 5. The number of anilines is 1. The van der Waals surface area contributed by atoms with Crippen molar-refractivity contribution < 1.29 is 9.59 Å². The highest BCUT2D eigenvalue weighted by Crippen LogP contribution is 2.23. The van der Waals surface area contributed by atoms with Crippen LogP contribution in [0.3, 0.4) is 0 Å². The van der Waals surface area contributed by atoms with E-state index in [2.05, 4.69) is 10.3 Å². The number of aryl methyl sites for hydroxylation is 1. The number of carbonyl (C=O) groups excluding carboxylic acids is 2. The SMILES string of the molecule is CC(=O)c1ccc(NC(=O)CSc2cc(C)c3ccccc3n2)cc1. The Bertz CT molecular complexity index is 936. The fraction of sp³-hybridized carbons (Fsp3) is 0.150. The first-order valence-electron chi connectivity index (χ1n) is 7.93. The minimum Gasteiger partial charge on any atom is -0.325 e. The van der Waals surface area contributed by atoms with E-state index in [-0.39, 0.29) is 17.4 Å². The van der Waals surface area contributed by atoms with Crippen molar-refractivity contribution in [2.45, 2.75) is 18.9 Å². The van der Waals surface area contributed by atoms with Gasteiger partial charge in [0.2, 0.25) is 5.91 Å². The topological polar surface area (TPSA) is 59.1 Å². The summed E-state index contributed by atoms with van der Waals surface area (Å²) in [7, 11) is 0. The first-order chi connectivity index (χ1) is 12.0. The lowest BCUT2D eigenvalue weighted by molar-refractivity contribution is -0.113. The number of nitrogens with zero attached hydrogens (tertiary/aromatic N) is 1. The van der Waals surface area contributed by atoms with Crippen LogP contribution in [0.2, 0.25) is 0 Å². The highest BCUT2D eigenvalue weighted by molar-refractivity contribution is 7.99. The van der Waals surface area contributed by atoms with Crippen molar-refractivity contribution in [1.29, 1.82) is 0 Å². The average Bonchev–Trinajstić information content (AvgIpc) is 2.60. The first kappa shape index (κ1) is 17.2. The summed E-state index contributed by atoms with van der Waals surface area (Å²) in [4.78, 5) is 28.0. The monoisotopic (exact) mass is 350 g/mol. The number of para-hydroxylation sites is 1. The van der Waals surface area contributed by atoms with Crippen LogP contribution in [0.25, 0.3) is 10.9 Å². The van der Waals surface area contributed by atoms with Gasteiger partial charge in [0.25, 0.3) is 0 Å². The molecule has 3 rings (SSSR count). The molecule has 126 valence electrons. The molecule has 2 aromatic carbocycles. The van der Waals surface area contributed by atoms with E-state index in [1.165, 1.54) is 18.7 Å². The van der Waals surface area contributed by atoms with Gasteiger partial charge in [-0.2, -0.15) is 0 Å². The summed E-state index contributed by atoms with van der Waals surface area (Å²) in [5.41, 5.74) is 3.39. The normalized spacial score (nSPS) is 10.6. The third-order valence-electron chi connectivity index (χ3n) is 3.83. The molecule has 0 unspecified atom stereocenters. The second-order valence-electron chi connectivity index (χ2n) is 5.76. The van der Waals surface area contributed by atoms with Gasteiger partial charge < -0.3 is 5.32 Å². The van der Waals surface area contributed by atoms with Crippen LogP contribution in [0.15, 0.2) is 59.6 Å². The Morgan fingerprint density at radius 2 is 1.80 bits per heavy atom. The lowest BCUT2D eigenvalue weighted by atomic mass is 10.1. The second-order valence-corrected chi connectivity index (χ2v) is 6.76. The Hall–Kier alpha value is -2.66. The third kappa shape index (κ3) is 4.25. The number of fused-ring (bicyclic) bond motifs is 1. The molecule has 1 aromatic heterocycles. The lowest BCUT2D eigenvalue weighted by Crippen LogP contribution is -2.14. The zero-order chi connectivity index (χ0) is 17.8. The van der Waals surface area contributed by atoms with E-state index < -0.39 is 0 Å². The van der Waals surface area contributed by atoms with Crippen LogP contribution in [-0.2, 0) is 4.79 Å². The summed E-state index contributed by atoms with van der Waals surface area (Å²) >= 11 is 1.41. The molecule has 0 aliphatic carbocycles. The van der Waals surface area contributed by atoms with Gasteiger partial charge in [0.05, 0.1) is 16.3 Å². The van der Waals surface area contributed by atoms with Crippen molar-refractivity contribution in [3.8, 4) is 0 Å². The number of ketones is 1. The number of Topliss-reactive ketones (excluding diaryl/α,β-unsaturated/α-hetero) is 1. The predicted molar refractivity (Wildman–Crippen MR) is 102 cm³/mol. The quantitative estimate of drug-likeness (QED) is 0.544. The summed E-state index contributed by atoms with van der Waals surface area (Å²) in [6, 6.07) is 16.9. The van der Waals surface area contributed by atoms with Crippen LogP contribution >= 0.6 is 11.8 Å². The van der Waals surface area contributed by atoms with E-state index in [4.69, 9.17) is 0 Å². The van der Waals surface area contributed by atoms with Crippen molar-refractivity contribution in [3.63, 3.8) is 0 Å². The molecule has 0 fully saturated rings. The van der Waals surface area contributed by atoms with Crippen LogP contribution in [0.4, 0.5) is 5.69 Å². The summed E-state index contributed by atoms with van der Waals surface area (Å²) in [5.74, 6) is 0.179. The molecule has 1 amide bonds. The highest BCUT2D eigenvalue weighted by atomic mass is 32.2. The van der Waals surface area contributed by atoms with Crippen LogP contribution in [0.1, 0.15) is 22.8 Å². The van der Waals surface area contributed by atoms with Gasteiger partial charge in [-0.25, -0.2) is 4.98 Å². The number of benzene rings is 2. The summed E-state index contributed by atoms with van der Waals surface area (Å²) in [6.45, 7) is 3.56. The number of aromatic nitrogens is 1. The molecule has 1 N–H and O–H groups in total. The fourth-order valence-electron chi connectivity index (χ4n) is 2.52. The Morgan fingerprint density at radius 3 is 2.52 bits per heavy atom. The summed E-state index contributed by atoms with van der Waals surface area (Å²) in [5, 5.41) is 4.79. The fourth-order valence-corrected chi connectivity index (χ4v) is 3.29. The molecule has 4 nitrogen and oxygen atoms in total. The van der Waals surface area contributed by atoms with Crippen molar-refractivity contribution in [2.75, 3.05) is 11.1 Å². The third-order valence-corrected chi connectivity index (χ3v) is 4.74.